The zero-order valence-electron chi connectivity index (χ0n) is 16.8. The highest BCUT2D eigenvalue weighted by molar-refractivity contribution is 7.21. The molecule has 5 rings (SSSR count). The molecule has 0 spiro atoms. The Balaban J connectivity index is 1.75. The summed E-state index contributed by atoms with van der Waals surface area (Å²) in [4.78, 5) is 17.8. The first kappa shape index (κ1) is 21.4. The first-order valence-corrected chi connectivity index (χ1v) is 11.1. The molecule has 0 aliphatic rings. The van der Waals surface area contributed by atoms with Crippen molar-refractivity contribution in [1.29, 1.82) is 0 Å². The quantitative estimate of drug-likeness (QED) is 0.267. The van der Waals surface area contributed by atoms with Crippen molar-refractivity contribution in [2.75, 3.05) is 0 Å². The molecule has 0 radical (unpaired) electrons. The lowest BCUT2D eigenvalue weighted by Gasteiger charge is -2.12. The van der Waals surface area contributed by atoms with Gasteiger partial charge in [-0.25, -0.2) is 4.98 Å². The highest BCUT2D eigenvalue weighted by atomic mass is 35.5. The molecule has 0 aliphatic heterocycles. The van der Waals surface area contributed by atoms with E-state index in [1.807, 2.05) is 18.2 Å². The zero-order valence-corrected chi connectivity index (χ0v) is 18.4. The Morgan fingerprint density at radius 2 is 1.61 bits per heavy atom. The molecule has 0 atom stereocenters. The van der Waals surface area contributed by atoms with Gasteiger partial charge in [-0.1, -0.05) is 48.0 Å². The second-order valence-electron chi connectivity index (χ2n) is 7.33. The predicted molar refractivity (Wildman–Crippen MR) is 126 cm³/mol. The van der Waals surface area contributed by atoms with Crippen LogP contribution in [0.5, 0.6) is 0 Å². The maximum absolute atomic E-state index is 13.4. The number of rotatable bonds is 3. The molecule has 33 heavy (non-hydrogen) atoms. The molecule has 3 aromatic carbocycles. The molecule has 164 valence electrons. The van der Waals surface area contributed by atoms with Crippen LogP contribution < -0.4 is 5.56 Å². The van der Waals surface area contributed by atoms with Gasteiger partial charge >= 0.3 is 6.18 Å². The Morgan fingerprint density at radius 1 is 0.879 bits per heavy atom. The fourth-order valence-corrected chi connectivity index (χ4v) is 4.74. The fourth-order valence-electron chi connectivity index (χ4n) is 3.58. The third-order valence-electron chi connectivity index (χ3n) is 5.18. The number of para-hydroxylation sites is 1. The topological polar surface area (TPSA) is 34.9 Å². The van der Waals surface area contributed by atoms with Crippen LogP contribution in [0, 0.1) is 0 Å². The molecule has 0 saturated heterocycles. The second kappa shape index (κ2) is 8.17. The van der Waals surface area contributed by atoms with Crippen molar-refractivity contribution >= 4 is 33.2 Å². The van der Waals surface area contributed by atoms with Crippen LogP contribution in [0.1, 0.15) is 5.56 Å². The highest BCUT2D eigenvalue weighted by Gasteiger charge is 2.31. The zero-order chi connectivity index (χ0) is 23.2. The fraction of sp³-hybridized carbons (Fsp3) is 0.0400. The van der Waals surface area contributed by atoms with Gasteiger partial charge in [-0.05, 0) is 42.5 Å². The maximum Gasteiger partial charge on any atom is 0.416 e. The third-order valence-corrected chi connectivity index (χ3v) is 6.59. The van der Waals surface area contributed by atoms with Gasteiger partial charge in [0.1, 0.15) is 5.01 Å². The Kier molecular flexibility index (Phi) is 5.31. The van der Waals surface area contributed by atoms with E-state index in [0.717, 1.165) is 12.1 Å². The molecular formula is C25H14ClF3N2OS. The van der Waals surface area contributed by atoms with Crippen molar-refractivity contribution in [3.63, 3.8) is 0 Å². The number of hydrogen-bond acceptors (Lipinski definition) is 3. The summed E-state index contributed by atoms with van der Waals surface area (Å²) in [5, 5.41) is 0.924. The van der Waals surface area contributed by atoms with E-state index in [1.54, 1.807) is 48.7 Å². The molecule has 0 bridgehead atoms. The Bertz CT molecular complexity index is 1540. The van der Waals surface area contributed by atoms with E-state index in [-0.39, 0.29) is 11.1 Å². The standard InChI is InChI=1S/C25H14ClF3N2OS/c26-20-9-5-4-8-18(20)19-12-15(14-31(24(19)32)17-6-2-1-3-7-17)23-30-21-13-16(25(27,28)29)10-11-22(21)33-23/h1-14H. The number of benzene rings is 3. The molecule has 2 heterocycles. The van der Waals surface area contributed by atoms with E-state index in [4.69, 9.17) is 11.6 Å². The molecule has 5 aromatic rings. The lowest BCUT2D eigenvalue weighted by Crippen LogP contribution is -2.20. The minimum Gasteiger partial charge on any atom is -0.283 e. The molecule has 0 unspecified atom stereocenters. The van der Waals surface area contributed by atoms with Crippen LogP contribution in [0.25, 0.3) is 37.6 Å². The SMILES string of the molecule is O=c1c(-c2ccccc2Cl)cc(-c2nc3cc(C(F)(F)F)ccc3s2)cn1-c1ccccc1. The van der Waals surface area contributed by atoms with Crippen LogP contribution in [0.2, 0.25) is 5.02 Å². The van der Waals surface area contributed by atoms with Gasteiger partial charge in [-0.2, -0.15) is 13.2 Å². The number of aromatic nitrogens is 2. The van der Waals surface area contributed by atoms with Gasteiger partial charge in [0.2, 0.25) is 0 Å². The summed E-state index contributed by atoms with van der Waals surface area (Å²) in [6.45, 7) is 0. The van der Waals surface area contributed by atoms with Crippen molar-refractivity contribution in [2.24, 2.45) is 0 Å². The lowest BCUT2D eigenvalue weighted by molar-refractivity contribution is -0.137. The summed E-state index contributed by atoms with van der Waals surface area (Å²) in [5.74, 6) is 0. The minimum absolute atomic E-state index is 0.251. The summed E-state index contributed by atoms with van der Waals surface area (Å²) >= 11 is 7.64. The average molecular weight is 483 g/mol. The molecule has 0 N–H and O–H groups in total. The number of thiazole rings is 1. The van der Waals surface area contributed by atoms with Crippen LogP contribution in [0.4, 0.5) is 13.2 Å². The minimum atomic E-state index is -4.45. The van der Waals surface area contributed by atoms with Gasteiger partial charge in [0.25, 0.3) is 5.56 Å². The van der Waals surface area contributed by atoms with E-state index < -0.39 is 11.7 Å². The predicted octanol–water partition coefficient (Wildman–Crippen LogP) is 7.45. The van der Waals surface area contributed by atoms with E-state index in [9.17, 15) is 18.0 Å². The number of alkyl halides is 3. The Morgan fingerprint density at radius 3 is 2.33 bits per heavy atom. The first-order valence-electron chi connectivity index (χ1n) is 9.86. The molecule has 0 aliphatic carbocycles. The van der Waals surface area contributed by atoms with Gasteiger partial charge in [0.05, 0.1) is 15.8 Å². The number of fused-ring (bicyclic) bond motifs is 1. The Labute approximate surface area is 195 Å². The van der Waals surface area contributed by atoms with Crippen LogP contribution in [-0.2, 0) is 6.18 Å². The van der Waals surface area contributed by atoms with Gasteiger partial charge in [-0.3, -0.25) is 9.36 Å². The number of pyridine rings is 1. The monoisotopic (exact) mass is 482 g/mol. The largest absolute Gasteiger partial charge is 0.416 e. The van der Waals surface area contributed by atoms with Crippen LogP contribution in [-0.4, -0.2) is 9.55 Å². The summed E-state index contributed by atoms with van der Waals surface area (Å²) in [6.07, 6.45) is -2.80. The van der Waals surface area contributed by atoms with E-state index in [1.165, 1.54) is 22.0 Å². The summed E-state index contributed by atoms with van der Waals surface area (Å²) in [6, 6.07) is 21.3. The van der Waals surface area contributed by atoms with Crippen molar-refractivity contribution in [1.82, 2.24) is 9.55 Å². The first-order chi connectivity index (χ1) is 15.8. The average Bonchev–Trinajstić information content (AvgIpc) is 3.23. The Hall–Kier alpha value is -3.42. The van der Waals surface area contributed by atoms with Crippen molar-refractivity contribution in [3.8, 4) is 27.4 Å². The third kappa shape index (κ3) is 4.05. The van der Waals surface area contributed by atoms with Crippen molar-refractivity contribution < 1.29 is 13.2 Å². The molecule has 0 fully saturated rings. The summed E-state index contributed by atoms with van der Waals surface area (Å²) in [7, 11) is 0. The molecule has 8 heteroatoms. The number of halogens is 4. The number of hydrogen-bond donors (Lipinski definition) is 0. The molecule has 3 nitrogen and oxygen atoms in total. The van der Waals surface area contributed by atoms with Gasteiger partial charge in [0.15, 0.2) is 0 Å². The van der Waals surface area contributed by atoms with Gasteiger partial charge in [0, 0.05) is 33.6 Å². The lowest BCUT2D eigenvalue weighted by atomic mass is 10.1. The van der Waals surface area contributed by atoms with E-state index in [0.29, 0.717) is 37.1 Å². The van der Waals surface area contributed by atoms with Crippen LogP contribution in [0.15, 0.2) is 89.9 Å². The molecule has 0 amide bonds. The molecule has 0 saturated carbocycles. The molecular weight excluding hydrogens is 469 g/mol. The van der Waals surface area contributed by atoms with Gasteiger partial charge in [-0.15, -0.1) is 11.3 Å². The van der Waals surface area contributed by atoms with E-state index in [2.05, 4.69) is 4.98 Å². The van der Waals surface area contributed by atoms with E-state index >= 15 is 0 Å². The summed E-state index contributed by atoms with van der Waals surface area (Å²) in [5.41, 5.74) is 1.42. The normalized spacial score (nSPS) is 11.8. The number of nitrogens with zero attached hydrogens (tertiary/aromatic N) is 2. The molecule has 2 aromatic heterocycles. The van der Waals surface area contributed by atoms with Crippen molar-refractivity contribution in [2.45, 2.75) is 6.18 Å². The van der Waals surface area contributed by atoms with Crippen LogP contribution in [0.3, 0.4) is 0 Å². The summed E-state index contributed by atoms with van der Waals surface area (Å²) < 4.78 is 41.5. The second-order valence-corrected chi connectivity index (χ2v) is 8.77. The maximum atomic E-state index is 13.4. The highest BCUT2D eigenvalue weighted by Crippen LogP contribution is 2.36. The van der Waals surface area contributed by atoms with Gasteiger partial charge < -0.3 is 0 Å². The van der Waals surface area contributed by atoms with Crippen LogP contribution >= 0.6 is 22.9 Å². The van der Waals surface area contributed by atoms with Crippen molar-refractivity contribution in [3.05, 3.63) is 106 Å². The smallest absolute Gasteiger partial charge is 0.283 e.